The Morgan fingerprint density at radius 2 is 2.12 bits per heavy atom. The Bertz CT molecular complexity index is 593. The number of aromatic nitrogens is 8. The first-order valence-electron chi connectivity index (χ1n) is 4.20. The molecule has 3 heterocycles. The smallest absolute Gasteiger partial charge is 0.295 e. The summed E-state index contributed by atoms with van der Waals surface area (Å²) in [5.74, 6) is 1.27. The molecule has 0 atom stereocenters. The van der Waals surface area contributed by atoms with E-state index in [1.165, 1.54) is 6.33 Å². The first kappa shape index (κ1) is 8.52. The normalized spacial score (nSPS) is 10.8. The monoisotopic (exact) mass is 219 g/mol. The highest BCUT2D eigenvalue weighted by atomic mass is 16.5. The Morgan fingerprint density at radius 3 is 2.81 bits per heavy atom. The molecule has 0 aliphatic carbocycles. The number of H-pyrrole nitrogens is 2. The highest BCUT2D eigenvalue weighted by molar-refractivity contribution is 5.48. The van der Waals surface area contributed by atoms with Crippen molar-refractivity contribution in [3.05, 3.63) is 6.33 Å². The van der Waals surface area contributed by atoms with Crippen LogP contribution in [0.1, 0.15) is 0 Å². The zero-order valence-electron chi connectivity index (χ0n) is 7.75. The molecule has 0 saturated heterocycles. The molecule has 3 aromatic rings. The van der Waals surface area contributed by atoms with Gasteiger partial charge in [0.05, 0.1) is 0 Å². The summed E-state index contributed by atoms with van der Waals surface area (Å²) < 4.78 is 4.95. The lowest BCUT2D eigenvalue weighted by atomic mass is 10.5. The van der Waals surface area contributed by atoms with Gasteiger partial charge in [-0.05, 0) is 0 Å². The van der Waals surface area contributed by atoms with Crippen LogP contribution in [0.5, 0.6) is 0 Å². The van der Waals surface area contributed by atoms with Gasteiger partial charge in [-0.25, -0.2) is 4.98 Å². The van der Waals surface area contributed by atoms with E-state index < -0.39 is 0 Å². The number of nitrogens with one attached hydrogen (secondary N) is 2. The van der Waals surface area contributed by atoms with Crippen LogP contribution >= 0.6 is 0 Å². The molecule has 0 spiro atoms. The van der Waals surface area contributed by atoms with E-state index in [9.17, 15) is 0 Å². The van der Waals surface area contributed by atoms with Crippen LogP contribution in [0.2, 0.25) is 0 Å². The van der Waals surface area contributed by atoms with Crippen molar-refractivity contribution in [2.24, 2.45) is 0 Å². The first-order chi connectivity index (χ1) is 7.83. The van der Waals surface area contributed by atoms with Crippen LogP contribution in [0.4, 0.5) is 5.95 Å². The van der Waals surface area contributed by atoms with Gasteiger partial charge in [-0.3, -0.25) is 10.2 Å². The maximum Gasteiger partial charge on any atom is 0.295 e. The average Bonchev–Trinajstić information content (AvgIpc) is 2.97. The van der Waals surface area contributed by atoms with Crippen molar-refractivity contribution in [3.63, 3.8) is 0 Å². The van der Waals surface area contributed by atoms with E-state index in [2.05, 4.69) is 40.5 Å². The van der Waals surface area contributed by atoms with Crippen molar-refractivity contribution in [1.29, 1.82) is 0 Å². The lowest BCUT2D eigenvalue weighted by Crippen LogP contribution is -1.86. The Labute approximate surface area is 87.3 Å². The fourth-order valence-corrected chi connectivity index (χ4v) is 1.10. The van der Waals surface area contributed by atoms with E-state index in [0.29, 0.717) is 11.6 Å². The molecule has 0 fully saturated rings. The molecule has 0 aliphatic heterocycles. The number of nitrogens with zero attached hydrogens (tertiary/aromatic N) is 6. The summed E-state index contributed by atoms with van der Waals surface area (Å²) in [6, 6.07) is 0. The molecule has 10 nitrogen and oxygen atoms in total. The van der Waals surface area contributed by atoms with E-state index in [1.54, 1.807) is 0 Å². The summed E-state index contributed by atoms with van der Waals surface area (Å²) in [6.07, 6.45) is 1.35. The lowest BCUT2D eigenvalue weighted by Gasteiger charge is -1.82. The number of hydrogen-bond donors (Lipinski definition) is 3. The maximum absolute atomic E-state index is 5.35. The minimum absolute atomic E-state index is 0.106. The third-order valence-electron chi connectivity index (χ3n) is 1.76. The summed E-state index contributed by atoms with van der Waals surface area (Å²) in [5.41, 5.74) is 5.35. The van der Waals surface area contributed by atoms with Crippen molar-refractivity contribution in [1.82, 2.24) is 40.5 Å². The fraction of sp³-hybridized carbons (Fsp3) is 0. The van der Waals surface area contributed by atoms with Crippen molar-refractivity contribution < 1.29 is 4.52 Å². The van der Waals surface area contributed by atoms with Gasteiger partial charge in [0.2, 0.25) is 17.6 Å². The van der Waals surface area contributed by atoms with Crippen LogP contribution in [-0.2, 0) is 0 Å². The molecule has 16 heavy (non-hydrogen) atoms. The van der Waals surface area contributed by atoms with Crippen molar-refractivity contribution in [2.75, 3.05) is 5.73 Å². The molecule has 0 unspecified atom stereocenters. The SMILES string of the molecule is Nc1n[nH]c(-c2nc(-c3ncn[nH]3)no2)n1. The van der Waals surface area contributed by atoms with Gasteiger partial charge in [-0.2, -0.15) is 15.1 Å². The minimum atomic E-state index is 0.106. The van der Waals surface area contributed by atoms with Crippen molar-refractivity contribution in [3.8, 4) is 23.4 Å². The predicted octanol–water partition coefficient (Wildman–Crippen LogP) is -0.778. The quantitative estimate of drug-likeness (QED) is 0.508. The van der Waals surface area contributed by atoms with Crippen molar-refractivity contribution >= 4 is 5.95 Å². The molecular weight excluding hydrogens is 214 g/mol. The molecule has 3 aromatic heterocycles. The number of nitrogens with two attached hydrogens (primary N) is 1. The maximum atomic E-state index is 5.35. The van der Waals surface area contributed by atoms with Crippen LogP contribution in [0, 0.1) is 0 Å². The summed E-state index contributed by atoms with van der Waals surface area (Å²) >= 11 is 0. The van der Waals surface area contributed by atoms with Gasteiger partial charge in [0.1, 0.15) is 6.33 Å². The molecular formula is C6H5N9O. The third kappa shape index (κ3) is 1.28. The number of aromatic amines is 2. The Balaban J connectivity index is 2.00. The lowest BCUT2D eigenvalue weighted by molar-refractivity contribution is 0.429. The Hall–Kier alpha value is -2.78. The molecule has 3 rings (SSSR count). The van der Waals surface area contributed by atoms with E-state index in [0.717, 1.165) is 0 Å². The second kappa shape index (κ2) is 3.12. The molecule has 10 heteroatoms. The van der Waals surface area contributed by atoms with Crippen LogP contribution in [0.3, 0.4) is 0 Å². The van der Waals surface area contributed by atoms with E-state index in [1.807, 2.05) is 0 Å². The predicted molar refractivity (Wildman–Crippen MR) is 49.5 cm³/mol. The van der Waals surface area contributed by atoms with Gasteiger partial charge in [-0.15, -0.1) is 5.10 Å². The largest absolute Gasteiger partial charge is 0.366 e. The summed E-state index contributed by atoms with van der Waals surface area (Å²) in [4.78, 5) is 11.8. The zero-order chi connectivity index (χ0) is 11.0. The van der Waals surface area contributed by atoms with E-state index in [-0.39, 0.29) is 17.7 Å². The van der Waals surface area contributed by atoms with Gasteiger partial charge in [0.25, 0.3) is 5.89 Å². The van der Waals surface area contributed by atoms with Gasteiger partial charge in [-0.1, -0.05) is 5.16 Å². The summed E-state index contributed by atoms with van der Waals surface area (Å²) in [6.45, 7) is 0. The number of anilines is 1. The second-order valence-corrected chi connectivity index (χ2v) is 2.80. The molecule has 0 bridgehead atoms. The third-order valence-corrected chi connectivity index (χ3v) is 1.76. The Morgan fingerprint density at radius 1 is 1.19 bits per heavy atom. The average molecular weight is 219 g/mol. The summed E-state index contributed by atoms with van der Waals surface area (Å²) in [7, 11) is 0. The standard InChI is InChI=1S/C6H5N9O/c7-6-11-4(13-14-6)5-10-3(15-16-5)2-8-1-9-12-2/h1H,(H,8,9,12)(H3,7,11,13,14). The van der Waals surface area contributed by atoms with Crippen LogP contribution in [-0.4, -0.2) is 40.5 Å². The highest BCUT2D eigenvalue weighted by Gasteiger charge is 2.15. The van der Waals surface area contributed by atoms with Crippen LogP contribution in [0.15, 0.2) is 10.9 Å². The number of nitrogen functional groups attached to an aromatic ring is 1. The molecule has 0 amide bonds. The van der Waals surface area contributed by atoms with Gasteiger partial charge >= 0.3 is 0 Å². The van der Waals surface area contributed by atoms with Gasteiger partial charge in [0.15, 0.2) is 5.82 Å². The molecule has 0 aliphatic rings. The number of hydrogen-bond acceptors (Lipinski definition) is 8. The zero-order valence-corrected chi connectivity index (χ0v) is 7.75. The Kier molecular flexibility index (Phi) is 1.66. The molecule has 80 valence electrons. The number of rotatable bonds is 2. The fourth-order valence-electron chi connectivity index (χ4n) is 1.10. The minimum Gasteiger partial charge on any atom is -0.366 e. The van der Waals surface area contributed by atoms with Crippen molar-refractivity contribution in [2.45, 2.75) is 0 Å². The topological polar surface area (TPSA) is 148 Å². The van der Waals surface area contributed by atoms with Gasteiger partial charge < -0.3 is 10.3 Å². The molecule has 0 aromatic carbocycles. The van der Waals surface area contributed by atoms with Crippen LogP contribution in [0.25, 0.3) is 23.4 Å². The molecule has 0 saturated carbocycles. The summed E-state index contributed by atoms with van der Waals surface area (Å²) in [5, 5.41) is 16.2. The molecule has 4 N–H and O–H groups in total. The second-order valence-electron chi connectivity index (χ2n) is 2.80. The van der Waals surface area contributed by atoms with Gasteiger partial charge in [0, 0.05) is 0 Å². The van der Waals surface area contributed by atoms with Crippen LogP contribution < -0.4 is 5.73 Å². The van der Waals surface area contributed by atoms with E-state index in [4.69, 9.17) is 10.3 Å². The van der Waals surface area contributed by atoms with E-state index >= 15 is 0 Å². The highest BCUT2D eigenvalue weighted by Crippen LogP contribution is 2.16. The molecule has 0 radical (unpaired) electrons. The first-order valence-corrected chi connectivity index (χ1v) is 4.20.